The molecule has 0 aliphatic heterocycles. The molecule has 0 radical (unpaired) electrons. The van der Waals surface area contributed by atoms with Crippen molar-refractivity contribution in [1.82, 2.24) is 4.98 Å². The van der Waals surface area contributed by atoms with Crippen molar-refractivity contribution in [1.29, 1.82) is 0 Å². The zero-order valence-electron chi connectivity index (χ0n) is 9.07. The van der Waals surface area contributed by atoms with Gasteiger partial charge >= 0.3 is 0 Å². The van der Waals surface area contributed by atoms with Crippen LogP contribution in [-0.2, 0) is 6.42 Å². The lowest BCUT2D eigenvalue weighted by molar-refractivity contribution is 1.12. The minimum atomic E-state index is 0.558. The number of aromatic nitrogens is 1. The Morgan fingerprint density at radius 1 is 1.31 bits per heavy atom. The van der Waals surface area contributed by atoms with Crippen molar-refractivity contribution in [2.45, 2.75) is 13.3 Å². The first kappa shape index (κ1) is 11.0. The van der Waals surface area contributed by atoms with Crippen LogP contribution in [0.25, 0.3) is 11.1 Å². The monoisotopic (exact) mass is 232 g/mol. The maximum Gasteiger partial charge on any atom is 0.123 e. The number of hydrogen-bond acceptors (Lipinski definition) is 2. The van der Waals surface area contributed by atoms with E-state index in [2.05, 4.69) is 11.9 Å². The summed E-state index contributed by atoms with van der Waals surface area (Å²) in [6.07, 6.45) is 2.73. The standard InChI is InChI=1S/C13H13ClN2/c1-2-9-7-13(15)16-8-12(9)10-4-3-5-11(14)6-10/h3-8H,2H2,1H3,(H2,15,16). The molecule has 3 heteroatoms. The van der Waals surface area contributed by atoms with E-state index in [1.54, 1.807) is 6.20 Å². The van der Waals surface area contributed by atoms with Gasteiger partial charge in [0.05, 0.1) is 0 Å². The van der Waals surface area contributed by atoms with Crippen molar-refractivity contribution in [3.63, 3.8) is 0 Å². The fraction of sp³-hybridized carbons (Fsp3) is 0.154. The number of pyridine rings is 1. The SMILES string of the molecule is CCc1cc(N)ncc1-c1cccc(Cl)c1. The van der Waals surface area contributed by atoms with Gasteiger partial charge in [0.25, 0.3) is 0 Å². The fourth-order valence-electron chi connectivity index (χ4n) is 1.72. The number of halogens is 1. The van der Waals surface area contributed by atoms with Crippen LogP contribution in [0, 0.1) is 0 Å². The van der Waals surface area contributed by atoms with Crippen molar-refractivity contribution in [2.75, 3.05) is 5.73 Å². The highest BCUT2D eigenvalue weighted by Crippen LogP contribution is 2.26. The quantitative estimate of drug-likeness (QED) is 0.860. The van der Waals surface area contributed by atoms with Crippen molar-refractivity contribution in [2.24, 2.45) is 0 Å². The van der Waals surface area contributed by atoms with Gasteiger partial charge in [-0.2, -0.15) is 0 Å². The van der Waals surface area contributed by atoms with Gasteiger partial charge in [0.1, 0.15) is 5.82 Å². The maximum atomic E-state index is 5.98. The Bertz CT molecular complexity index is 509. The summed E-state index contributed by atoms with van der Waals surface area (Å²) in [5.41, 5.74) is 9.04. The van der Waals surface area contributed by atoms with E-state index < -0.39 is 0 Å². The molecular weight excluding hydrogens is 220 g/mol. The van der Waals surface area contributed by atoms with Crippen molar-refractivity contribution in [3.05, 3.63) is 47.1 Å². The summed E-state index contributed by atoms with van der Waals surface area (Å²) < 4.78 is 0. The van der Waals surface area contributed by atoms with Crippen LogP contribution in [0.3, 0.4) is 0 Å². The summed E-state index contributed by atoms with van der Waals surface area (Å²) in [6, 6.07) is 9.68. The molecule has 2 rings (SSSR count). The normalized spacial score (nSPS) is 10.4. The van der Waals surface area contributed by atoms with Crippen molar-refractivity contribution >= 4 is 17.4 Å². The Labute approximate surface area is 100 Å². The number of aryl methyl sites for hydroxylation is 1. The summed E-state index contributed by atoms with van der Waals surface area (Å²) >= 11 is 5.98. The van der Waals surface area contributed by atoms with Gasteiger partial charge in [-0.25, -0.2) is 4.98 Å². The Morgan fingerprint density at radius 2 is 2.12 bits per heavy atom. The van der Waals surface area contributed by atoms with Crippen LogP contribution in [0.2, 0.25) is 5.02 Å². The molecule has 0 saturated carbocycles. The molecule has 1 heterocycles. The van der Waals surface area contributed by atoms with Crippen LogP contribution in [0.1, 0.15) is 12.5 Å². The second kappa shape index (κ2) is 4.54. The first-order valence-electron chi connectivity index (χ1n) is 5.21. The van der Waals surface area contributed by atoms with E-state index in [4.69, 9.17) is 17.3 Å². The molecule has 82 valence electrons. The van der Waals surface area contributed by atoms with Crippen LogP contribution < -0.4 is 5.73 Å². The smallest absolute Gasteiger partial charge is 0.123 e. The number of nitrogen functional groups attached to an aromatic ring is 1. The number of nitrogens with zero attached hydrogens (tertiary/aromatic N) is 1. The molecule has 0 fully saturated rings. The Hall–Kier alpha value is -1.54. The molecular formula is C13H13ClN2. The zero-order chi connectivity index (χ0) is 11.5. The Morgan fingerprint density at radius 3 is 2.81 bits per heavy atom. The molecule has 0 atom stereocenters. The van der Waals surface area contributed by atoms with E-state index in [0.29, 0.717) is 5.82 Å². The lowest BCUT2D eigenvalue weighted by atomic mass is 10.0. The predicted octanol–water partition coefficient (Wildman–Crippen LogP) is 3.55. The highest BCUT2D eigenvalue weighted by molar-refractivity contribution is 6.30. The van der Waals surface area contributed by atoms with E-state index in [9.17, 15) is 0 Å². The summed E-state index contributed by atoms with van der Waals surface area (Å²) in [5.74, 6) is 0.558. The topological polar surface area (TPSA) is 38.9 Å². The number of anilines is 1. The first-order chi connectivity index (χ1) is 7.70. The lowest BCUT2D eigenvalue weighted by Crippen LogP contribution is -1.95. The van der Waals surface area contributed by atoms with Gasteiger partial charge in [-0.1, -0.05) is 30.7 Å². The van der Waals surface area contributed by atoms with Gasteiger partial charge in [0.2, 0.25) is 0 Å². The molecule has 0 amide bonds. The third kappa shape index (κ3) is 2.17. The number of hydrogen-bond donors (Lipinski definition) is 1. The van der Waals surface area contributed by atoms with E-state index in [0.717, 1.165) is 22.6 Å². The number of rotatable bonds is 2. The molecule has 0 aliphatic carbocycles. The summed E-state index contributed by atoms with van der Waals surface area (Å²) in [4.78, 5) is 4.13. The van der Waals surface area contributed by atoms with Gasteiger partial charge in [0.15, 0.2) is 0 Å². The van der Waals surface area contributed by atoms with Crippen LogP contribution in [0.4, 0.5) is 5.82 Å². The molecule has 0 spiro atoms. The van der Waals surface area contributed by atoms with Crippen LogP contribution in [0.15, 0.2) is 36.5 Å². The second-order valence-electron chi connectivity index (χ2n) is 3.63. The average Bonchev–Trinajstić information content (AvgIpc) is 2.28. The third-order valence-electron chi connectivity index (χ3n) is 2.53. The van der Waals surface area contributed by atoms with E-state index in [1.165, 1.54) is 5.56 Å². The number of benzene rings is 1. The summed E-state index contributed by atoms with van der Waals surface area (Å²) in [5, 5.41) is 0.733. The highest BCUT2D eigenvalue weighted by Gasteiger charge is 2.05. The van der Waals surface area contributed by atoms with Gasteiger partial charge in [0, 0.05) is 16.8 Å². The van der Waals surface area contributed by atoms with E-state index in [-0.39, 0.29) is 0 Å². The van der Waals surface area contributed by atoms with Gasteiger partial charge in [-0.05, 0) is 35.7 Å². The molecule has 16 heavy (non-hydrogen) atoms. The molecule has 0 saturated heterocycles. The Kier molecular flexibility index (Phi) is 3.11. The minimum absolute atomic E-state index is 0.558. The molecule has 1 aromatic heterocycles. The highest BCUT2D eigenvalue weighted by atomic mass is 35.5. The fourth-order valence-corrected chi connectivity index (χ4v) is 1.91. The van der Waals surface area contributed by atoms with Crippen molar-refractivity contribution in [3.8, 4) is 11.1 Å². The number of nitrogens with two attached hydrogens (primary N) is 1. The van der Waals surface area contributed by atoms with Crippen LogP contribution in [-0.4, -0.2) is 4.98 Å². The molecule has 2 nitrogen and oxygen atoms in total. The van der Waals surface area contributed by atoms with E-state index in [1.807, 2.05) is 30.3 Å². The minimum Gasteiger partial charge on any atom is -0.384 e. The largest absolute Gasteiger partial charge is 0.384 e. The van der Waals surface area contributed by atoms with E-state index >= 15 is 0 Å². The third-order valence-corrected chi connectivity index (χ3v) is 2.76. The second-order valence-corrected chi connectivity index (χ2v) is 4.07. The molecule has 2 N–H and O–H groups in total. The molecule has 1 aromatic carbocycles. The summed E-state index contributed by atoms with van der Waals surface area (Å²) in [6.45, 7) is 2.10. The van der Waals surface area contributed by atoms with Gasteiger partial charge < -0.3 is 5.73 Å². The average molecular weight is 233 g/mol. The molecule has 0 aliphatic rings. The Balaban J connectivity index is 2.55. The zero-order valence-corrected chi connectivity index (χ0v) is 9.83. The lowest BCUT2D eigenvalue weighted by Gasteiger charge is -2.08. The first-order valence-corrected chi connectivity index (χ1v) is 5.59. The maximum absolute atomic E-state index is 5.98. The molecule has 0 bridgehead atoms. The van der Waals surface area contributed by atoms with Crippen molar-refractivity contribution < 1.29 is 0 Å². The molecule has 2 aromatic rings. The molecule has 0 unspecified atom stereocenters. The predicted molar refractivity (Wildman–Crippen MR) is 68.5 cm³/mol. The van der Waals surface area contributed by atoms with Crippen LogP contribution >= 0.6 is 11.6 Å². The van der Waals surface area contributed by atoms with Crippen LogP contribution in [0.5, 0.6) is 0 Å². The van der Waals surface area contributed by atoms with Gasteiger partial charge in [-0.15, -0.1) is 0 Å². The van der Waals surface area contributed by atoms with Gasteiger partial charge in [-0.3, -0.25) is 0 Å². The summed E-state index contributed by atoms with van der Waals surface area (Å²) in [7, 11) is 0.